The third kappa shape index (κ3) is 3.12. The van der Waals surface area contributed by atoms with Crippen molar-refractivity contribution in [3.8, 4) is 0 Å². The second kappa shape index (κ2) is 7.66. The summed E-state index contributed by atoms with van der Waals surface area (Å²) in [4.78, 5) is 28.7. The molecule has 0 saturated carbocycles. The fourth-order valence-corrected chi connectivity index (χ4v) is 5.48. The van der Waals surface area contributed by atoms with Gasteiger partial charge in [0.25, 0.3) is 0 Å². The van der Waals surface area contributed by atoms with Gasteiger partial charge in [0, 0.05) is 11.8 Å². The number of carbonyl (C=O) groups excluding carboxylic acids is 2. The summed E-state index contributed by atoms with van der Waals surface area (Å²) in [6.07, 6.45) is 8.90. The highest BCUT2D eigenvalue weighted by Gasteiger charge is 2.56. The first-order valence-electron chi connectivity index (χ1n) is 10.8. The molecular weight excluding hydrogens is 382 g/mol. The van der Waals surface area contributed by atoms with E-state index in [1.807, 2.05) is 67.6 Å². The van der Waals surface area contributed by atoms with Crippen LogP contribution in [0.1, 0.15) is 18.9 Å². The van der Waals surface area contributed by atoms with Crippen molar-refractivity contribution in [1.82, 2.24) is 0 Å². The Bertz CT molecular complexity index is 1130. The van der Waals surface area contributed by atoms with E-state index in [-0.39, 0.29) is 35.5 Å². The molecular formula is C28H25NO2. The standard InChI is InChI=1S/C28H25NO2/c1-18(2)24-22(19-11-5-3-6-12-19)17-23-26(25(24)20-13-9-10-14-20)28(31)29(27(23)30)21-15-7-4-8-16-21/h3-16,20,23,25-26H,1,17H2,2H3/t23-,25+,26-/m0/s1. The molecule has 154 valence electrons. The van der Waals surface area contributed by atoms with E-state index in [9.17, 15) is 9.59 Å². The van der Waals surface area contributed by atoms with Gasteiger partial charge in [0.1, 0.15) is 0 Å². The Morgan fingerprint density at radius 2 is 1.48 bits per heavy atom. The lowest BCUT2D eigenvalue weighted by atomic mass is 9.63. The SMILES string of the molecule is C=C(C)C1=C(c2ccccc2)C[C@@H]2C(=O)N(c3ccccc3)C(=O)[C@@H]2[C@@H]1C1C=CC=C1. The van der Waals surface area contributed by atoms with E-state index >= 15 is 0 Å². The van der Waals surface area contributed by atoms with E-state index in [1.54, 1.807) is 0 Å². The van der Waals surface area contributed by atoms with Crippen LogP contribution < -0.4 is 4.90 Å². The average molecular weight is 408 g/mol. The number of imide groups is 1. The van der Waals surface area contributed by atoms with Crippen LogP contribution >= 0.6 is 0 Å². The Kier molecular flexibility index (Phi) is 4.82. The van der Waals surface area contributed by atoms with Crippen molar-refractivity contribution >= 4 is 23.1 Å². The van der Waals surface area contributed by atoms with Crippen LogP contribution in [-0.2, 0) is 9.59 Å². The molecule has 2 aromatic carbocycles. The van der Waals surface area contributed by atoms with E-state index in [1.165, 1.54) is 4.90 Å². The molecule has 2 amide bonds. The van der Waals surface area contributed by atoms with Crippen LogP contribution in [0.5, 0.6) is 0 Å². The lowest BCUT2D eigenvalue weighted by Gasteiger charge is -2.38. The van der Waals surface area contributed by atoms with Crippen LogP contribution in [0.2, 0.25) is 0 Å². The Morgan fingerprint density at radius 3 is 2.10 bits per heavy atom. The zero-order valence-electron chi connectivity index (χ0n) is 17.6. The number of para-hydroxylation sites is 1. The number of allylic oxidation sites excluding steroid dienone is 7. The van der Waals surface area contributed by atoms with Crippen molar-refractivity contribution < 1.29 is 9.59 Å². The number of rotatable bonds is 4. The van der Waals surface area contributed by atoms with Gasteiger partial charge in [-0.15, -0.1) is 0 Å². The molecule has 3 atom stereocenters. The highest BCUT2D eigenvalue weighted by Crippen LogP contribution is 2.53. The molecule has 0 bridgehead atoms. The summed E-state index contributed by atoms with van der Waals surface area (Å²) >= 11 is 0. The Hall–Kier alpha value is -3.46. The summed E-state index contributed by atoms with van der Waals surface area (Å²) in [7, 11) is 0. The zero-order valence-corrected chi connectivity index (χ0v) is 17.6. The Labute approximate surface area is 183 Å². The Balaban J connectivity index is 1.68. The molecule has 1 saturated heterocycles. The zero-order chi connectivity index (χ0) is 21.5. The van der Waals surface area contributed by atoms with Crippen LogP contribution in [-0.4, -0.2) is 11.8 Å². The van der Waals surface area contributed by atoms with Gasteiger partial charge >= 0.3 is 0 Å². The largest absolute Gasteiger partial charge is 0.274 e. The number of fused-ring (bicyclic) bond motifs is 1. The van der Waals surface area contributed by atoms with Gasteiger partial charge in [-0.3, -0.25) is 14.5 Å². The molecule has 3 nitrogen and oxygen atoms in total. The number of carbonyl (C=O) groups is 2. The summed E-state index contributed by atoms with van der Waals surface area (Å²) < 4.78 is 0. The van der Waals surface area contributed by atoms with Crippen molar-refractivity contribution in [1.29, 1.82) is 0 Å². The first-order valence-corrected chi connectivity index (χ1v) is 10.8. The smallest absolute Gasteiger partial charge is 0.238 e. The minimum Gasteiger partial charge on any atom is -0.274 e. The van der Waals surface area contributed by atoms with Crippen molar-refractivity contribution in [2.24, 2.45) is 23.7 Å². The lowest BCUT2D eigenvalue weighted by molar-refractivity contribution is -0.122. The van der Waals surface area contributed by atoms with Gasteiger partial charge < -0.3 is 0 Å². The number of hydrogen-bond donors (Lipinski definition) is 0. The maximum absolute atomic E-state index is 13.7. The molecule has 0 unspecified atom stereocenters. The number of anilines is 1. The summed E-state index contributed by atoms with van der Waals surface area (Å²) in [5, 5.41) is 0. The third-order valence-corrected chi connectivity index (χ3v) is 6.73. The molecule has 0 N–H and O–H groups in total. The van der Waals surface area contributed by atoms with Gasteiger partial charge in [0.15, 0.2) is 0 Å². The van der Waals surface area contributed by atoms with E-state index in [2.05, 4.69) is 30.9 Å². The quantitative estimate of drug-likeness (QED) is 0.620. The molecule has 2 aliphatic carbocycles. The molecule has 3 aliphatic rings. The highest BCUT2D eigenvalue weighted by molar-refractivity contribution is 6.23. The van der Waals surface area contributed by atoms with Crippen LogP contribution in [0.4, 0.5) is 5.69 Å². The second-order valence-corrected chi connectivity index (χ2v) is 8.60. The highest BCUT2D eigenvalue weighted by atomic mass is 16.2. The number of amides is 2. The molecule has 0 radical (unpaired) electrons. The van der Waals surface area contributed by atoms with Gasteiger partial charge in [-0.1, -0.05) is 85.0 Å². The number of benzene rings is 2. The minimum atomic E-state index is -0.385. The molecule has 2 aromatic rings. The summed E-state index contributed by atoms with van der Waals surface area (Å²) in [5.41, 5.74) is 5.00. The van der Waals surface area contributed by atoms with E-state index in [4.69, 9.17) is 0 Å². The topological polar surface area (TPSA) is 37.4 Å². The number of nitrogens with zero attached hydrogens (tertiary/aromatic N) is 1. The minimum absolute atomic E-state index is 0.0747. The van der Waals surface area contributed by atoms with Crippen LogP contribution in [0.25, 0.3) is 5.57 Å². The maximum atomic E-state index is 13.7. The molecule has 1 fully saturated rings. The van der Waals surface area contributed by atoms with Crippen molar-refractivity contribution in [3.05, 3.63) is 108 Å². The van der Waals surface area contributed by atoms with Crippen molar-refractivity contribution in [2.45, 2.75) is 13.3 Å². The van der Waals surface area contributed by atoms with Gasteiger partial charge in [-0.25, -0.2) is 0 Å². The van der Waals surface area contributed by atoms with Crippen LogP contribution in [0.15, 0.2) is 103 Å². The lowest BCUT2D eigenvalue weighted by Crippen LogP contribution is -2.37. The maximum Gasteiger partial charge on any atom is 0.238 e. The predicted octanol–water partition coefficient (Wildman–Crippen LogP) is 5.58. The molecule has 0 aromatic heterocycles. The first kappa shape index (κ1) is 19.5. The normalized spacial score (nSPS) is 25.5. The molecule has 0 spiro atoms. The fraction of sp³-hybridized carbons (Fsp3) is 0.214. The molecule has 31 heavy (non-hydrogen) atoms. The van der Waals surface area contributed by atoms with E-state index < -0.39 is 0 Å². The third-order valence-electron chi connectivity index (χ3n) is 6.73. The first-order chi connectivity index (χ1) is 15.1. The fourth-order valence-electron chi connectivity index (χ4n) is 5.48. The van der Waals surface area contributed by atoms with Crippen molar-refractivity contribution in [2.75, 3.05) is 4.90 Å². The van der Waals surface area contributed by atoms with E-state index in [0.717, 1.165) is 22.3 Å². The van der Waals surface area contributed by atoms with Crippen molar-refractivity contribution in [3.63, 3.8) is 0 Å². The van der Waals surface area contributed by atoms with Gasteiger partial charge in [0.05, 0.1) is 17.5 Å². The monoisotopic (exact) mass is 407 g/mol. The average Bonchev–Trinajstić information content (AvgIpc) is 3.41. The second-order valence-electron chi connectivity index (χ2n) is 8.60. The number of hydrogen-bond acceptors (Lipinski definition) is 2. The van der Waals surface area contributed by atoms with Gasteiger partial charge in [-0.05, 0) is 42.2 Å². The van der Waals surface area contributed by atoms with Gasteiger partial charge in [0.2, 0.25) is 11.8 Å². The summed E-state index contributed by atoms with van der Waals surface area (Å²) in [6.45, 7) is 6.31. The summed E-state index contributed by atoms with van der Waals surface area (Å²) in [6, 6.07) is 19.5. The molecule has 1 aliphatic heterocycles. The van der Waals surface area contributed by atoms with E-state index in [0.29, 0.717) is 12.1 Å². The predicted molar refractivity (Wildman–Crippen MR) is 124 cm³/mol. The van der Waals surface area contributed by atoms with Gasteiger partial charge in [-0.2, -0.15) is 0 Å². The Morgan fingerprint density at radius 1 is 0.871 bits per heavy atom. The molecule has 1 heterocycles. The molecule has 3 heteroatoms. The molecule has 5 rings (SSSR count). The van der Waals surface area contributed by atoms with Crippen LogP contribution in [0.3, 0.4) is 0 Å². The van der Waals surface area contributed by atoms with Crippen LogP contribution in [0, 0.1) is 23.7 Å². The summed E-state index contributed by atoms with van der Waals surface area (Å²) in [5.74, 6) is -0.961.